The molecule has 0 saturated heterocycles. The first-order chi connectivity index (χ1) is 8.95. The summed E-state index contributed by atoms with van der Waals surface area (Å²) >= 11 is 6.17. The molecule has 0 aliphatic carbocycles. The molecule has 0 aliphatic heterocycles. The summed E-state index contributed by atoms with van der Waals surface area (Å²) in [5.41, 5.74) is 1.54. The average Bonchev–Trinajstić information content (AvgIpc) is 2.35. The molecule has 2 N–H and O–H groups in total. The maximum absolute atomic E-state index is 11.6. The van der Waals surface area contributed by atoms with E-state index in [1.54, 1.807) is 17.9 Å². The zero-order valence-electron chi connectivity index (χ0n) is 11.6. The zero-order chi connectivity index (χ0) is 14.4. The van der Waals surface area contributed by atoms with Crippen molar-refractivity contribution in [2.45, 2.75) is 26.4 Å². The standard InChI is InChI=1S/C14H21ClN2O2/c1-4-7-16-14(19)9-17(3)13-6-5-11(10(2)18)8-12(13)15/h5-6,8,10,18H,4,7,9H2,1-3H3,(H,16,19)/t10-/m1/s1. The zero-order valence-corrected chi connectivity index (χ0v) is 12.4. The number of nitrogens with one attached hydrogen (secondary N) is 1. The Hall–Kier alpha value is -1.26. The summed E-state index contributed by atoms with van der Waals surface area (Å²) in [5, 5.41) is 12.8. The van der Waals surface area contributed by atoms with Crippen LogP contribution >= 0.6 is 11.6 Å². The molecular weight excluding hydrogens is 264 g/mol. The van der Waals surface area contributed by atoms with Crippen LogP contribution in [0.25, 0.3) is 0 Å². The minimum Gasteiger partial charge on any atom is -0.389 e. The Morgan fingerprint density at radius 1 is 1.53 bits per heavy atom. The minimum atomic E-state index is -0.551. The largest absolute Gasteiger partial charge is 0.389 e. The van der Waals surface area contributed by atoms with E-state index in [4.69, 9.17) is 11.6 Å². The van der Waals surface area contributed by atoms with Crippen molar-refractivity contribution in [3.63, 3.8) is 0 Å². The number of likely N-dealkylation sites (N-methyl/N-ethyl adjacent to an activating group) is 1. The number of anilines is 1. The van der Waals surface area contributed by atoms with E-state index in [9.17, 15) is 9.90 Å². The molecule has 0 radical (unpaired) electrons. The summed E-state index contributed by atoms with van der Waals surface area (Å²) in [6, 6.07) is 5.35. The number of carbonyl (C=O) groups excluding carboxylic acids is 1. The molecule has 106 valence electrons. The third kappa shape index (κ3) is 4.73. The lowest BCUT2D eigenvalue weighted by Gasteiger charge is -2.21. The Morgan fingerprint density at radius 3 is 2.74 bits per heavy atom. The van der Waals surface area contributed by atoms with Gasteiger partial charge >= 0.3 is 0 Å². The molecule has 1 amide bonds. The van der Waals surface area contributed by atoms with Crippen molar-refractivity contribution in [3.05, 3.63) is 28.8 Å². The molecule has 1 atom stereocenters. The van der Waals surface area contributed by atoms with Crippen molar-refractivity contribution in [1.29, 1.82) is 0 Å². The number of aliphatic hydroxyl groups excluding tert-OH is 1. The smallest absolute Gasteiger partial charge is 0.239 e. The Kier molecular flexibility index (Phi) is 6.12. The number of halogens is 1. The van der Waals surface area contributed by atoms with Crippen LogP contribution in [0.4, 0.5) is 5.69 Å². The van der Waals surface area contributed by atoms with E-state index in [0.717, 1.165) is 17.7 Å². The summed E-state index contributed by atoms with van der Waals surface area (Å²) in [5.74, 6) is -0.0278. The van der Waals surface area contributed by atoms with Crippen LogP contribution in [0.1, 0.15) is 31.9 Å². The SMILES string of the molecule is CCCNC(=O)CN(C)c1ccc([C@@H](C)O)cc1Cl. The maximum atomic E-state index is 11.6. The number of carbonyl (C=O) groups is 1. The van der Waals surface area contributed by atoms with Gasteiger partial charge in [0.1, 0.15) is 0 Å². The van der Waals surface area contributed by atoms with Gasteiger partial charge in [-0.3, -0.25) is 4.79 Å². The van der Waals surface area contributed by atoms with Crippen molar-refractivity contribution >= 4 is 23.2 Å². The van der Waals surface area contributed by atoms with Gasteiger partial charge in [-0.25, -0.2) is 0 Å². The molecule has 1 aromatic carbocycles. The second-order valence-corrected chi connectivity index (χ2v) is 5.00. The van der Waals surface area contributed by atoms with Crippen LogP contribution in [-0.2, 0) is 4.79 Å². The van der Waals surface area contributed by atoms with E-state index < -0.39 is 6.10 Å². The molecular formula is C14H21ClN2O2. The number of amides is 1. The van der Waals surface area contributed by atoms with Crippen LogP contribution in [0.3, 0.4) is 0 Å². The summed E-state index contributed by atoms with van der Waals surface area (Å²) in [6.07, 6.45) is 0.365. The lowest BCUT2D eigenvalue weighted by atomic mass is 10.1. The van der Waals surface area contributed by atoms with E-state index in [0.29, 0.717) is 11.6 Å². The highest BCUT2D eigenvalue weighted by Gasteiger charge is 2.11. The Bertz CT molecular complexity index is 435. The number of nitrogens with zero attached hydrogens (tertiary/aromatic N) is 1. The van der Waals surface area contributed by atoms with Crippen molar-refractivity contribution in [3.8, 4) is 0 Å². The molecule has 19 heavy (non-hydrogen) atoms. The second-order valence-electron chi connectivity index (χ2n) is 4.59. The van der Waals surface area contributed by atoms with Crippen molar-refractivity contribution in [2.75, 3.05) is 25.0 Å². The quantitative estimate of drug-likeness (QED) is 0.843. The molecule has 1 rings (SSSR count). The second kappa shape index (κ2) is 7.36. The van der Waals surface area contributed by atoms with Gasteiger partial charge in [-0.2, -0.15) is 0 Å². The highest BCUT2D eigenvalue weighted by molar-refractivity contribution is 6.33. The van der Waals surface area contributed by atoms with Gasteiger partial charge in [0.2, 0.25) is 5.91 Å². The van der Waals surface area contributed by atoms with E-state index in [2.05, 4.69) is 5.32 Å². The average molecular weight is 285 g/mol. The predicted molar refractivity (Wildman–Crippen MR) is 78.7 cm³/mol. The fraction of sp³-hybridized carbons (Fsp3) is 0.500. The highest BCUT2D eigenvalue weighted by atomic mass is 35.5. The van der Waals surface area contributed by atoms with Gasteiger partial charge in [0, 0.05) is 13.6 Å². The summed E-state index contributed by atoms with van der Waals surface area (Å²) in [7, 11) is 1.81. The molecule has 0 spiro atoms. The summed E-state index contributed by atoms with van der Waals surface area (Å²) < 4.78 is 0. The molecule has 0 unspecified atom stereocenters. The number of benzene rings is 1. The van der Waals surface area contributed by atoms with Crippen LogP contribution in [0, 0.1) is 0 Å². The van der Waals surface area contributed by atoms with Crippen LogP contribution in [0.2, 0.25) is 5.02 Å². The Balaban J connectivity index is 2.71. The molecule has 0 saturated carbocycles. The molecule has 5 heteroatoms. The molecule has 0 bridgehead atoms. The molecule has 1 aromatic rings. The van der Waals surface area contributed by atoms with Crippen LogP contribution in [0.5, 0.6) is 0 Å². The number of hydrogen-bond acceptors (Lipinski definition) is 3. The fourth-order valence-corrected chi connectivity index (χ4v) is 2.05. The number of aliphatic hydroxyl groups is 1. The molecule has 0 aliphatic rings. The van der Waals surface area contributed by atoms with Gasteiger partial charge in [-0.1, -0.05) is 24.6 Å². The van der Waals surface area contributed by atoms with Gasteiger partial charge in [0.05, 0.1) is 23.4 Å². The monoisotopic (exact) mass is 284 g/mol. The molecule has 0 aromatic heterocycles. The van der Waals surface area contributed by atoms with Gasteiger partial charge < -0.3 is 15.3 Å². The first kappa shape index (κ1) is 15.8. The van der Waals surface area contributed by atoms with Crippen LogP contribution < -0.4 is 10.2 Å². The predicted octanol–water partition coefficient (Wildman–Crippen LogP) is 2.36. The minimum absolute atomic E-state index is 0.0278. The lowest BCUT2D eigenvalue weighted by Crippen LogP contribution is -2.35. The van der Waals surface area contributed by atoms with Gasteiger partial charge in [-0.15, -0.1) is 0 Å². The fourth-order valence-electron chi connectivity index (χ4n) is 1.71. The van der Waals surface area contributed by atoms with Crippen molar-refractivity contribution in [1.82, 2.24) is 5.32 Å². The molecule has 0 heterocycles. The third-order valence-corrected chi connectivity index (χ3v) is 3.12. The van der Waals surface area contributed by atoms with E-state index in [1.807, 2.05) is 26.1 Å². The number of rotatable bonds is 6. The van der Waals surface area contributed by atoms with Crippen LogP contribution in [-0.4, -0.2) is 31.2 Å². The highest BCUT2D eigenvalue weighted by Crippen LogP contribution is 2.28. The third-order valence-electron chi connectivity index (χ3n) is 2.82. The lowest BCUT2D eigenvalue weighted by molar-refractivity contribution is -0.119. The van der Waals surface area contributed by atoms with Gasteiger partial charge in [0.25, 0.3) is 0 Å². The Morgan fingerprint density at radius 2 is 2.21 bits per heavy atom. The van der Waals surface area contributed by atoms with Gasteiger partial charge in [0.15, 0.2) is 0 Å². The van der Waals surface area contributed by atoms with Crippen molar-refractivity contribution < 1.29 is 9.90 Å². The van der Waals surface area contributed by atoms with E-state index in [1.165, 1.54) is 0 Å². The van der Waals surface area contributed by atoms with Crippen molar-refractivity contribution in [2.24, 2.45) is 0 Å². The maximum Gasteiger partial charge on any atom is 0.239 e. The van der Waals surface area contributed by atoms with E-state index in [-0.39, 0.29) is 12.5 Å². The van der Waals surface area contributed by atoms with Crippen LogP contribution in [0.15, 0.2) is 18.2 Å². The first-order valence-electron chi connectivity index (χ1n) is 6.41. The topological polar surface area (TPSA) is 52.6 Å². The normalized spacial score (nSPS) is 12.1. The molecule has 0 fully saturated rings. The Labute approximate surface area is 119 Å². The molecule has 4 nitrogen and oxygen atoms in total. The van der Waals surface area contributed by atoms with E-state index >= 15 is 0 Å². The first-order valence-corrected chi connectivity index (χ1v) is 6.78. The summed E-state index contributed by atoms with van der Waals surface area (Å²) in [6.45, 7) is 4.64. The summed E-state index contributed by atoms with van der Waals surface area (Å²) in [4.78, 5) is 13.4. The van der Waals surface area contributed by atoms with Gasteiger partial charge in [-0.05, 0) is 31.0 Å². The number of hydrogen-bond donors (Lipinski definition) is 2.